The van der Waals surface area contributed by atoms with E-state index in [0.717, 1.165) is 12.6 Å². The molecule has 0 bridgehead atoms. The van der Waals surface area contributed by atoms with Crippen LogP contribution in [0.5, 0.6) is 5.75 Å². The van der Waals surface area contributed by atoms with Crippen LogP contribution in [0.15, 0.2) is 42.7 Å². The Morgan fingerprint density at radius 2 is 2.21 bits per heavy atom. The molecule has 0 spiro atoms. The lowest BCUT2D eigenvalue weighted by Gasteiger charge is -2.07. The van der Waals surface area contributed by atoms with Crippen LogP contribution in [-0.2, 0) is 0 Å². The Hall–Kier alpha value is -2.23. The number of aromatic nitrogens is 1. The molecule has 0 aliphatic heterocycles. The van der Waals surface area contributed by atoms with Gasteiger partial charge < -0.3 is 4.74 Å². The van der Waals surface area contributed by atoms with Gasteiger partial charge in [0.05, 0.1) is 18.4 Å². The molecule has 0 radical (unpaired) electrons. The summed E-state index contributed by atoms with van der Waals surface area (Å²) in [7, 11) is 0. The summed E-state index contributed by atoms with van der Waals surface area (Å²) in [6.07, 6.45) is 3.32. The Balaban J connectivity index is 2.27. The van der Waals surface area contributed by atoms with E-state index in [1.165, 1.54) is 12.3 Å². The second kappa shape index (κ2) is 6.09. The Labute approximate surface area is 111 Å². The second-order valence-corrected chi connectivity index (χ2v) is 4.06. The Kier molecular flexibility index (Phi) is 4.23. The zero-order valence-electron chi connectivity index (χ0n) is 10.6. The van der Waals surface area contributed by atoms with Crippen molar-refractivity contribution in [2.75, 3.05) is 6.61 Å². The van der Waals surface area contributed by atoms with Gasteiger partial charge in [-0.3, -0.25) is 9.78 Å². The number of hydrogen-bond donors (Lipinski definition) is 0. The molecule has 0 fully saturated rings. The number of carbonyl (C=O) groups is 1. The number of carbonyl (C=O) groups excluding carboxylic acids is 1. The fraction of sp³-hybridized carbons (Fsp3) is 0.200. The minimum atomic E-state index is -0.618. The lowest BCUT2D eigenvalue weighted by molar-refractivity contribution is 0.103. The Morgan fingerprint density at radius 3 is 2.95 bits per heavy atom. The molecule has 0 saturated heterocycles. The maximum Gasteiger partial charge on any atom is 0.196 e. The van der Waals surface area contributed by atoms with Crippen LogP contribution in [0.25, 0.3) is 0 Å². The van der Waals surface area contributed by atoms with Crippen LogP contribution in [0.3, 0.4) is 0 Å². The van der Waals surface area contributed by atoms with Crippen molar-refractivity contribution < 1.29 is 13.9 Å². The van der Waals surface area contributed by atoms with E-state index < -0.39 is 5.82 Å². The second-order valence-electron chi connectivity index (χ2n) is 4.06. The molecule has 0 N–H and O–H groups in total. The van der Waals surface area contributed by atoms with Gasteiger partial charge in [-0.1, -0.05) is 19.1 Å². The summed E-state index contributed by atoms with van der Waals surface area (Å²) >= 11 is 0. The third-order valence-electron chi connectivity index (χ3n) is 2.59. The number of hydrogen-bond acceptors (Lipinski definition) is 3. The molecule has 2 rings (SSSR count). The van der Waals surface area contributed by atoms with Crippen molar-refractivity contribution in [3.8, 4) is 5.75 Å². The Bertz CT molecular complexity index is 584. The molecule has 0 aliphatic rings. The maximum absolute atomic E-state index is 13.5. The predicted molar refractivity (Wildman–Crippen MR) is 69.9 cm³/mol. The van der Waals surface area contributed by atoms with Crippen LogP contribution in [0.2, 0.25) is 0 Å². The van der Waals surface area contributed by atoms with Crippen molar-refractivity contribution >= 4 is 5.78 Å². The highest BCUT2D eigenvalue weighted by molar-refractivity contribution is 6.09. The molecule has 1 aromatic carbocycles. The SMILES string of the molecule is CCCOc1cccc(C(=O)c2ccncc2F)c1. The standard InChI is InChI=1S/C15H14FNO2/c1-2-8-19-12-5-3-4-11(9-12)15(18)13-6-7-17-10-14(13)16/h3-7,9-10H,2,8H2,1H3. The van der Waals surface area contributed by atoms with Crippen LogP contribution in [0.1, 0.15) is 29.3 Å². The topological polar surface area (TPSA) is 39.2 Å². The summed E-state index contributed by atoms with van der Waals surface area (Å²) in [5.41, 5.74) is 0.418. The van der Waals surface area contributed by atoms with E-state index in [2.05, 4.69) is 4.98 Å². The molecular formula is C15H14FNO2. The van der Waals surface area contributed by atoms with Gasteiger partial charge in [0.15, 0.2) is 11.6 Å². The average molecular weight is 259 g/mol. The first-order valence-corrected chi connectivity index (χ1v) is 6.09. The number of ketones is 1. The molecule has 0 aliphatic carbocycles. The highest BCUT2D eigenvalue weighted by atomic mass is 19.1. The zero-order chi connectivity index (χ0) is 13.7. The molecule has 0 unspecified atom stereocenters. The summed E-state index contributed by atoms with van der Waals surface area (Å²) in [6, 6.07) is 8.13. The smallest absolute Gasteiger partial charge is 0.196 e. The molecule has 0 amide bonds. The van der Waals surface area contributed by atoms with Crippen LogP contribution < -0.4 is 4.74 Å². The molecule has 4 heteroatoms. The van der Waals surface area contributed by atoms with Gasteiger partial charge in [0.1, 0.15) is 5.75 Å². The minimum absolute atomic E-state index is 0.0163. The van der Waals surface area contributed by atoms with E-state index >= 15 is 0 Å². The summed E-state index contributed by atoms with van der Waals surface area (Å²) < 4.78 is 19.0. The van der Waals surface area contributed by atoms with Gasteiger partial charge in [-0.25, -0.2) is 4.39 Å². The van der Waals surface area contributed by atoms with Gasteiger partial charge in [0, 0.05) is 11.8 Å². The first-order valence-electron chi connectivity index (χ1n) is 6.09. The zero-order valence-corrected chi connectivity index (χ0v) is 10.6. The van der Waals surface area contributed by atoms with Crippen LogP contribution in [-0.4, -0.2) is 17.4 Å². The lowest BCUT2D eigenvalue weighted by atomic mass is 10.0. The number of nitrogens with zero attached hydrogens (tertiary/aromatic N) is 1. The molecule has 0 saturated carbocycles. The number of benzene rings is 1. The highest BCUT2D eigenvalue weighted by Crippen LogP contribution is 2.18. The molecule has 1 heterocycles. The van der Waals surface area contributed by atoms with Gasteiger partial charge in [0.2, 0.25) is 0 Å². The van der Waals surface area contributed by atoms with Crippen molar-refractivity contribution in [2.45, 2.75) is 13.3 Å². The summed E-state index contributed by atoms with van der Waals surface area (Å²) in [4.78, 5) is 15.8. The third kappa shape index (κ3) is 3.16. The van der Waals surface area contributed by atoms with Crippen molar-refractivity contribution in [2.24, 2.45) is 0 Å². The quantitative estimate of drug-likeness (QED) is 0.774. The van der Waals surface area contributed by atoms with Crippen LogP contribution in [0.4, 0.5) is 4.39 Å². The normalized spacial score (nSPS) is 10.2. The van der Waals surface area contributed by atoms with E-state index in [-0.39, 0.29) is 11.3 Å². The van der Waals surface area contributed by atoms with Gasteiger partial charge in [-0.2, -0.15) is 0 Å². The first-order chi connectivity index (χ1) is 9.22. The Morgan fingerprint density at radius 1 is 1.37 bits per heavy atom. The van der Waals surface area contributed by atoms with Gasteiger partial charge in [-0.05, 0) is 24.6 Å². The minimum Gasteiger partial charge on any atom is -0.494 e. The van der Waals surface area contributed by atoms with Crippen LogP contribution >= 0.6 is 0 Å². The number of rotatable bonds is 5. The van der Waals surface area contributed by atoms with Crippen molar-refractivity contribution in [1.82, 2.24) is 4.98 Å². The summed E-state index contributed by atoms with van der Waals surface area (Å²) in [6.45, 7) is 2.59. The maximum atomic E-state index is 13.5. The summed E-state index contributed by atoms with van der Waals surface area (Å²) in [5, 5.41) is 0. The molecule has 1 aromatic heterocycles. The first kappa shape index (κ1) is 13.2. The van der Waals surface area contributed by atoms with E-state index in [1.54, 1.807) is 24.3 Å². The van der Waals surface area contributed by atoms with Crippen LogP contribution in [0, 0.1) is 5.82 Å². The van der Waals surface area contributed by atoms with Gasteiger partial charge in [-0.15, -0.1) is 0 Å². The van der Waals surface area contributed by atoms with E-state index in [4.69, 9.17) is 4.74 Å². The van der Waals surface area contributed by atoms with Gasteiger partial charge in [0.25, 0.3) is 0 Å². The average Bonchev–Trinajstić information content (AvgIpc) is 2.45. The molecule has 98 valence electrons. The lowest BCUT2D eigenvalue weighted by Crippen LogP contribution is -2.05. The predicted octanol–water partition coefficient (Wildman–Crippen LogP) is 3.24. The van der Waals surface area contributed by atoms with E-state index in [0.29, 0.717) is 17.9 Å². The van der Waals surface area contributed by atoms with E-state index in [9.17, 15) is 9.18 Å². The monoisotopic (exact) mass is 259 g/mol. The largest absolute Gasteiger partial charge is 0.494 e. The molecule has 0 atom stereocenters. The fourth-order valence-electron chi connectivity index (χ4n) is 1.66. The highest BCUT2D eigenvalue weighted by Gasteiger charge is 2.14. The number of pyridine rings is 1. The number of ether oxygens (including phenoxy) is 1. The fourth-order valence-corrected chi connectivity index (χ4v) is 1.66. The molecular weight excluding hydrogens is 245 g/mol. The molecule has 19 heavy (non-hydrogen) atoms. The van der Waals surface area contributed by atoms with Crippen molar-refractivity contribution in [3.05, 3.63) is 59.7 Å². The van der Waals surface area contributed by atoms with E-state index in [1.807, 2.05) is 6.92 Å². The number of halogens is 1. The third-order valence-corrected chi connectivity index (χ3v) is 2.59. The molecule has 2 aromatic rings. The van der Waals surface area contributed by atoms with Gasteiger partial charge >= 0.3 is 0 Å². The summed E-state index contributed by atoms with van der Waals surface area (Å²) in [5.74, 6) is -0.378. The van der Waals surface area contributed by atoms with Crippen molar-refractivity contribution in [3.63, 3.8) is 0 Å². The molecule has 3 nitrogen and oxygen atoms in total. The van der Waals surface area contributed by atoms with Crippen molar-refractivity contribution in [1.29, 1.82) is 0 Å².